The lowest BCUT2D eigenvalue weighted by atomic mass is 10.1. The standard InChI is InChI=1S/C20H26N6O.2ClH/c1-16(12-26-9-5-8-24-26)11-22-20(27)19(21)10-18-14-25(15-23-18)13-17-6-3-2-4-7-17;;/h2-9,14-16,19H,10-13,21H2,1H3,(H,22,27);2*1H/t16?,19-;;/m0../s1. The number of nitrogens with one attached hydrogen (secondary N) is 1. The van der Waals surface area contributed by atoms with E-state index in [9.17, 15) is 4.79 Å². The second kappa shape index (κ2) is 12.3. The summed E-state index contributed by atoms with van der Waals surface area (Å²) in [6.07, 6.45) is 7.80. The number of aromatic nitrogens is 4. The van der Waals surface area contributed by atoms with Gasteiger partial charge in [-0.25, -0.2) is 4.98 Å². The third-order valence-corrected chi connectivity index (χ3v) is 4.34. The number of imidazole rings is 1. The first-order valence-corrected chi connectivity index (χ1v) is 9.15. The largest absolute Gasteiger partial charge is 0.354 e. The van der Waals surface area contributed by atoms with E-state index in [-0.39, 0.29) is 36.6 Å². The van der Waals surface area contributed by atoms with Crippen LogP contribution in [0.15, 0.2) is 61.3 Å². The van der Waals surface area contributed by atoms with E-state index in [0.29, 0.717) is 13.0 Å². The second-order valence-electron chi connectivity index (χ2n) is 6.91. The molecule has 3 aromatic rings. The first-order valence-electron chi connectivity index (χ1n) is 9.15. The number of halogens is 2. The Morgan fingerprint density at radius 2 is 1.97 bits per heavy atom. The molecule has 2 aromatic heterocycles. The van der Waals surface area contributed by atoms with Crippen molar-refractivity contribution in [1.82, 2.24) is 24.6 Å². The zero-order valence-corrected chi connectivity index (χ0v) is 18.0. The average Bonchev–Trinajstić information content (AvgIpc) is 3.32. The minimum Gasteiger partial charge on any atom is -0.354 e. The average molecular weight is 439 g/mol. The van der Waals surface area contributed by atoms with E-state index in [0.717, 1.165) is 18.8 Å². The van der Waals surface area contributed by atoms with Crippen LogP contribution in [0.1, 0.15) is 18.2 Å². The molecule has 0 aliphatic rings. The molecule has 3 rings (SSSR count). The van der Waals surface area contributed by atoms with Crippen LogP contribution < -0.4 is 11.1 Å². The molecule has 0 saturated carbocycles. The number of carbonyl (C=O) groups excluding carboxylic acids is 1. The van der Waals surface area contributed by atoms with E-state index in [1.54, 1.807) is 12.5 Å². The van der Waals surface area contributed by atoms with Crippen LogP contribution in [0, 0.1) is 5.92 Å². The highest BCUT2D eigenvalue weighted by Gasteiger charge is 2.16. The van der Waals surface area contributed by atoms with Gasteiger partial charge in [-0.15, -0.1) is 24.8 Å². The van der Waals surface area contributed by atoms with E-state index in [1.807, 2.05) is 45.9 Å². The van der Waals surface area contributed by atoms with Gasteiger partial charge in [0.2, 0.25) is 5.91 Å². The first-order chi connectivity index (χ1) is 13.1. The molecule has 0 aliphatic carbocycles. The molecule has 0 aliphatic heterocycles. The fourth-order valence-electron chi connectivity index (χ4n) is 2.91. The predicted octanol–water partition coefficient (Wildman–Crippen LogP) is 2.29. The normalized spacial score (nSPS) is 12.3. The Morgan fingerprint density at radius 3 is 2.66 bits per heavy atom. The summed E-state index contributed by atoms with van der Waals surface area (Å²) in [5.41, 5.74) is 8.08. The van der Waals surface area contributed by atoms with Gasteiger partial charge in [0.1, 0.15) is 0 Å². The highest BCUT2D eigenvalue weighted by Crippen LogP contribution is 2.06. The Morgan fingerprint density at radius 1 is 1.21 bits per heavy atom. The predicted molar refractivity (Wildman–Crippen MR) is 118 cm³/mol. The van der Waals surface area contributed by atoms with Gasteiger partial charge in [0.15, 0.2) is 0 Å². The van der Waals surface area contributed by atoms with Crippen LogP contribution >= 0.6 is 24.8 Å². The molecule has 0 saturated heterocycles. The first kappa shape index (κ1) is 24.7. The molecule has 9 heteroatoms. The van der Waals surface area contributed by atoms with Crippen molar-refractivity contribution >= 4 is 30.7 Å². The lowest BCUT2D eigenvalue weighted by Crippen LogP contribution is -2.43. The lowest BCUT2D eigenvalue weighted by molar-refractivity contribution is -0.122. The number of carbonyl (C=O) groups is 1. The Labute approximate surface area is 183 Å². The number of rotatable bonds is 9. The molecule has 2 atom stereocenters. The molecule has 1 unspecified atom stereocenters. The molecule has 0 spiro atoms. The van der Waals surface area contributed by atoms with Crippen molar-refractivity contribution in [1.29, 1.82) is 0 Å². The summed E-state index contributed by atoms with van der Waals surface area (Å²) >= 11 is 0. The number of benzene rings is 1. The molecule has 3 N–H and O–H groups in total. The summed E-state index contributed by atoms with van der Waals surface area (Å²) in [6, 6.07) is 11.4. The van der Waals surface area contributed by atoms with Crippen molar-refractivity contribution in [3.05, 3.63) is 72.6 Å². The Balaban J connectivity index is 0.00000210. The summed E-state index contributed by atoms with van der Waals surface area (Å²) in [5, 5.41) is 7.10. The van der Waals surface area contributed by atoms with Crippen LogP contribution in [0.4, 0.5) is 0 Å². The van der Waals surface area contributed by atoms with Crippen molar-refractivity contribution < 1.29 is 4.79 Å². The van der Waals surface area contributed by atoms with Gasteiger partial charge in [-0.1, -0.05) is 37.3 Å². The smallest absolute Gasteiger partial charge is 0.237 e. The molecular formula is C20H28Cl2N6O. The molecular weight excluding hydrogens is 411 g/mol. The number of nitrogens with two attached hydrogens (primary N) is 1. The molecule has 0 bridgehead atoms. The topological polar surface area (TPSA) is 90.8 Å². The molecule has 7 nitrogen and oxygen atoms in total. The van der Waals surface area contributed by atoms with Gasteiger partial charge >= 0.3 is 0 Å². The maximum atomic E-state index is 12.3. The second-order valence-corrected chi connectivity index (χ2v) is 6.91. The van der Waals surface area contributed by atoms with Crippen molar-refractivity contribution in [2.75, 3.05) is 6.54 Å². The fourth-order valence-corrected chi connectivity index (χ4v) is 2.91. The van der Waals surface area contributed by atoms with Crippen molar-refractivity contribution in [3.8, 4) is 0 Å². The summed E-state index contributed by atoms with van der Waals surface area (Å²) in [4.78, 5) is 16.6. The molecule has 158 valence electrons. The zero-order chi connectivity index (χ0) is 19.1. The third kappa shape index (κ3) is 7.89. The molecule has 0 fully saturated rings. The van der Waals surface area contributed by atoms with Gasteiger partial charge in [-0.05, 0) is 17.5 Å². The number of hydrogen-bond donors (Lipinski definition) is 2. The maximum Gasteiger partial charge on any atom is 0.237 e. The van der Waals surface area contributed by atoms with Crippen LogP contribution in [-0.2, 0) is 24.3 Å². The van der Waals surface area contributed by atoms with Crippen LogP contribution in [0.2, 0.25) is 0 Å². The molecule has 1 amide bonds. The molecule has 0 radical (unpaired) electrons. The van der Waals surface area contributed by atoms with Crippen LogP contribution in [0.25, 0.3) is 0 Å². The highest BCUT2D eigenvalue weighted by atomic mass is 35.5. The summed E-state index contributed by atoms with van der Waals surface area (Å²) in [6.45, 7) is 4.14. The SMILES string of the molecule is CC(CNC(=O)[C@@H](N)Cc1cn(Cc2ccccc2)cn1)Cn1cccn1.Cl.Cl. The summed E-state index contributed by atoms with van der Waals surface area (Å²) < 4.78 is 3.86. The van der Waals surface area contributed by atoms with Gasteiger partial charge < -0.3 is 15.6 Å². The Hall–Kier alpha value is -2.35. The minimum absolute atomic E-state index is 0. The number of nitrogens with zero attached hydrogens (tertiary/aromatic N) is 4. The Bertz CT molecular complexity index is 838. The van der Waals surface area contributed by atoms with Gasteiger partial charge in [-0.2, -0.15) is 5.10 Å². The third-order valence-electron chi connectivity index (χ3n) is 4.34. The van der Waals surface area contributed by atoms with Gasteiger partial charge in [0, 0.05) is 44.6 Å². The Kier molecular flexibility index (Phi) is 10.4. The maximum absolute atomic E-state index is 12.3. The van der Waals surface area contributed by atoms with Gasteiger partial charge in [-0.3, -0.25) is 9.48 Å². The van der Waals surface area contributed by atoms with E-state index in [1.165, 1.54) is 5.56 Å². The quantitative estimate of drug-likeness (QED) is 0.535. The number of amides is 1. The molecule has 29 heavy (non-hydrogen) atoms. The summed E-state index contributed by atoms with van der Waals surface area (Å²) in [5.74, 6) is 0.117. The fraction of sp³-hybridized carbons (Fsp3) is 0.350. The monoisotopic (exact) mass is 438 g/mol. The van der Waals surface area contributed by atoms with Crippen molar-refractivity contribution in [3.63, 3.8) is 0 Å². The summed E-state index contributed by atoms with van der Waals surface area (Å²) in [7, 11) is 0. The highest BCUT2D eigenvalue weighted by molar-refractivity contribution is 5.85. The van der Waals surface area contributed by atoms with E-state index in [2.05, 4.69) is 34.5 Å². The van der Waals surface area contributed by atoms with E-state index in [4.69, 9.17) is 5.73 Å². The zero-order valence-electron chi connectivity index (χ0n) is 16.3. The minimum atomic E-state index is -0.609. The van der Waals surface area contributed by atoms with Crippen LogP contribution in [0.3, 0.4) is 0 Å². The van der Waals surface area contributed by atoms with Crippen LogP contribution in [0.5, 0.6) is 0 Å². The molecule has 2 heterocycles. The van der Waals surface area contributed by atoms with Crippen LogP contribution in [-0.4, -0.2) is 37.8 Å². The molecule has 1 aromatic carbocycles. The van der Waals surface area contributed by atoms with E-state index < -0.39 is 6.04 Å². The van der Waals surface area contributed by atoms with Crippen molar-refractivity contribution in [2.24, 2.45) is 11.7 Å². The lowest BCUT2D eigenvalue weighted by Gasteiger charge is -2.15. The van der Waals surface area contributed by atoms with Crippen molar-refractivity contribution in [2.45, 2.75) is 32.5 Å². The number of hydrogen-bond acceptors (Lipinski definition) is 4. The van der Waals surface area contributed by atoms with E-state index >= 15 is 0 Å². The van der Waals surface area contributed by atoms with Gasteiger partial charge in [0.05, 0.1) is 18.1 Å². The van der Waals surface area contributed by atoms with Gasteiger partial charge in [0.25, 0.3) is 0 Å².